The van der Waals surface area contributed by atoms with Gasteiger partial charge >= 0.3 is 5.97 Å². The van der Waals surface area contributed by atoms with Crippen LogP contribution in [0.25, 0.3) is 0 Å². The molecule has 0 spiro atoms. The van der Waals surface area contributed by atoms with Gasteiger partial charge in [0.2, 0.25) is 0 Å². The van der Waals surface area contributed by atoms with Gasteiger partial charge in [-0.05, 0) is 37.8 Å². The van der Waals surface area contributed by atoms with E-state index in [4.69, 9.17) is 4.74 Å². The number of ether oxygens (including phenoxy) is 1. The molecule has 2 heterocycles. The van der Waals surface area contributed by atoms with Gasteiger partial charge in [-0.2, -0.15) is 0 Å². The highest BCUT2D eigenvalue weighted by Gasteiger charge is 2.55. The number of carbonyl (C=O) groups is 1. The van der Waals surface area contributed by atoms with Crippen LogP contribution in [0.1, 0.15) is 30.7 Å². The summed E-state index contributed by atoms with van der Waals surface area (Å²) in [4.78, 5) is 18.9. The van der Waals surface area contributed by atoms with Crippen LogP contribution in [0.3, 0.4) is 0 Å². The van der Waals surface area contributed by atoms with Crippen LogP contribution in [0, 0.1) is 18.3 Å². The summed E-state index contributed by atoms with van der Waals surface area (Å²) < 4.78 is 5.05. The Balaban J connectivity index is 1.78. The standard InChI is InChI=1S/C16H22N2O3/c1-11-5-6-14(19)13(17-11)9-18-8-12-4-3-7-16(12,10-18)15(20)21-2/h5-6,12,19H,3-4,7-10H2,1-2H3. The number of hydrogen-bond donors (Lipinski definition) is 1. The summed E-state index contributed by atoms with van der Waals surface area (Å²) in [6, 6.07) is 3.48. The van der Waals surface area contributed by atoms with Gasteiger partial charge in [-0.3, -0.25) is 14.7 Å². The number of aromatic nitrogens is 1. The van der Waals surface area contributed by atoms with E-state index >= 15 is 0 Å². The smallest absolute Gasteiger partial charge is 0.313 e. The molecule has 2 atom stereocenters. The highest BCUT2D eigenvalue weighted by atomic mass is 16.5. The van der Waals surface area contributed by atoms with Gasteiger partial charge < -0.3 is 9.84 Å². The lowest BCUT2D eigenvalue weighted by molar-refractivity contribution is -0.153. The van der Waals surface area contributed by atoms with Crippen molar-refractivity contribution < 1.29 is 14.6 Å². The molecule has 0 aromatic carbocycles. The van der Waals surface area contributed by atoms with Crippen molar-refractivity contribution >= 4 is 5.97 Å². The van der Waals surface area contributed by atoms with E-state index in [2.05, 4.69) is 9.88 Å². The summed E-state index contributed by atoms with van der Waals surface area (Å²) in [7, 11) is 1.48. The summed E-state index contributed by atoms with van der Waals surface area (Å²) in [6.07, 6.45) is 3.09. The number of likely N-dealkylation sites (tertiary alicyclic amines) is 1. The second kappa shape index (κ2) is 5.30. The summed E-state index contributed by atoms with van der Waals surface area (Å²) >= 11 is 0. The van der Waals surface area contributed by atoms with Crippen LogP contribution in [-0.2, 0) is 16.1 Å². The molecule has 1 N–H and O–H groups in total. The summed E-state index contributed by atoms with van der Waals surface area (Å²) in [5.74, 6) is 0.524. The Bertz CT molecular complexity index is 560. The normalized spacial score (nSPS) is 28.6. The van der Waals surface area contributed by atoms with Gasteiger partial charge in [0.05, 0.1) is 18.2 Å². The summed E-state index contributed by atoms with van der Waals surface area (Å²) in [5, 5.41) is 9.94. The number of carbonyl (C=O) groups excluding carboxylic acids is 1. The summed E-state index contributed by atoms with van der Waals surface area (Å²) in [6.45, 7) is 4.09. The zero-order chi connectivity index (χ0) is 15.0. The lowest BCUT2D eigenvalue weighted by Gasteiger charge is -2.25. The molecule has 0 bridgehead atoms. The van der Waals surface area contributed by atoms with Crippen molar-refractivity contribution in [2.75, 3.05) is 20.2 Å². The monoisotopic (exact) mass is 290 g/mol. The molecule has 21 heavy (non-hydrogen) atoms. The number of aromatic hydroxyl groups is 1. The minimum atomic E-state index is -0.339. The SMILES string of the molecule is COC(=O)C12CCCC1CN(Cc1nc(C)ccc1O)C2. The number of aryl methyl sites for hydroxylation is 1. The third-order valence-electron chi connectivity index (χ3n) is 5.00. The van der Waals surface area contributed by atoms with E-state index in [0.29, 0.717) is 24.7 Å². The molecule has 5 heteroatoms. The van der Waals surface area contributed by atoms with Crippen LogP contribution in [0.2, 0.25) is 0 Å². The van der Waals surface area contributed by atoms with E-state index in [1.165, 1.54) is 7.11 Å². The quantitative estimate of drug-likeness (QED) is 0.861. The number of nitrogens with zero attached hydrogens (tertiary/aromatic N) is 2. The number of methoxy groups -OCH3 is 1. The first-order chi connectivity index (χ1) is 10.0. The maximum absolute atomic E-state index is 12.2. The van der Waals surface area contributed by atoms with Gasteiger partial charge in [0, 0.05) is 25.3 Å². The maximum Gasteiger partial charge on any atom is 0.313 e. The molecule has 2 unspecified atom stereocenters. The number of rotatable bonds is 3. The van der Waals surface area contributed by atoms with Crippen molar-refractivity contribution in [1.29, 1.82) is 0 Å². The van der Waals surface area contributed by atoms with E-state index in [1.54, 1.807) is 12.1 Å². The minimum Gasteiger partial charge on any atom is -0.506 e. The molecule has 2 aliphatic rings. The van der Waals surface area contributed by atoms with Crippen LogP contribution in [0.4, 0.5) is 0 Å². The topological polar surface area (TPSA) is 62.7 Å². The molecular formula is C16H22N2O3. The largest absolute Gasteiger partial charge is 0.506 e. The van der Waals surface area contributed by atoms with Gasteiger partial charge in [-0.15, -0.1) is 0 Å². The first-order valence-corrected chi connectivity index (χ1v) is 7.51. The molecule has 1 aromatic rings. The lowest BCUT2D eigenvalue weighted by atomic mass is 9.81. The Morgan fingerprint density at radius 1 is 1.57 bits per heavy atom. The van der Waals surface area contributed by atoms with Crippen molar-refractivity contribution in [3.05, 3.63) is 23.5 Å². The Hall–Kier alpha value is -1.62. The molecule has 1 saturated heterocycles. The van der Waals surface area contributed by atoms with Gasteiger partial charge in [0.15, 0.2) is 0 Å². The van der Waals surface area contributed by atoms with E-state index in [1.807, 2.05) is 6.92 Å². The molecule has 1 aliphatic carbocycles. The average Bonchev–Trinajstić information content (AvgIpc) is 2.99. The van der Waals surface area contributed by atoms with Gasteiger partial charge in [-0.1, -0.05) is 6.42 Å². The van der Waals surface area contributed by atoms with Crippen LogP contribution < -0.4 is 0 Å². The molecule has 114 valence electrons. The number of fused-ring (bicyclic) bond motifs is 1. The molecule has 1 aromatic heterocycles. The molecule has 1 saturated carbocycles. The zero-order valence-electron chi connectivity index (χ0n) is 12.6. The predicted octanol–water partition coefficient (Wildman–Crippen LogP) is 1.87. The zero-order valence-corrected chi connectivity index (χ0v) is 12.6. The van der Waals surface area contributed by atoms with Crippen molar-refractivity contribution in [2.45, 2.75) is 32.7 Å². The summed E-state index contributed by atoms with van der Waals surface area (Å²) in [5.41, 5.74) is 1.24. The molecule has 0 amide bonds. The Labute approximate surface area is 124 Å². The Morgan fingerprint density at radius 3 is 3.14 bits per heavy atom. The van der Waals surface area contributed by atoms with Crippen LogP contribution >= 0.6 is 0 Å². The number of esters is 1. The van der Waals surface area contributed by atoms with Crippen LogP contribution in [0.5, 0.6) is 5.75 Å². The molecule has 2 fully saturated rings. The Kier molecular flexibility index (Phi) is 3.61. The van der Waals surface area contributed by atoms with Crippen LogP contribution in [-0.4, -0.2) is 41.2 Å². The van der Waals surface area contributed by atoms with Crippen molar-refractivity contribution in [2.24, 2.45) is 11.3 Å². The maximum atomic E-state index is 12.2. The fourth-order valence-electron chi connectivity index (χ4n) is 3.98. The first-order valence-electron chi connectivity index (χ1n) is 7.51. The van der Waals surface area contributed by atoms with E-state index < -0.39 is 0 Å². The lowest BCUT2D eigenvalue weighted by Crippen LogP contribution is -2.36. The van der Waals surface area contributed by atoms with Crippen molar-refractivity contribution in [3.8, 4) is 5.75 Å². The Morgan fingerprint density at radius 2 is 2.38 bits per heavy atom. The highest BCUT2D eigenvalue weighted by Crippen LogP contribution is 2.49. The second-order valence-corrected chi connectivity index (χ2v) is 6.32. The molecule has 0 radical (unpaired) electrons. The fraction of sp³-hybridized carbons (Fsp3) is 0.625. The average molecular weight is 290 g/mol. The van der Waals surface area contributed by atoms with Gasteiger partial charge in [-0.25, -0.2) is 0 Å². The van der Waals surface area contributed by atoms with E-state index in [9.17, 15) is 9.90 Å². The van der Waals surface area contributed by atoms with Gasteiger partial charge in [0.1, 0.15) is 5.75 Å². The number of hydrogen-bond acceptors (Lipinski definition) is 5. The van der Waals surface area contributed by atoms with E-state index in [0.717, 1.165) is 31.5 Å². The number of pyridine rings is 1. The van der Waals surface area contributed by atoms with E-state index in [-0.39, 0.29) is 17.1 Å². The first kappa shape index (κ1) is 14.3. The molecule has 5 nitrogen and oxygen atoms in total. The van der Waals surface area contributed by atoms with Crippen molar-refractivity contribution in [1.82, 2.24) is 9.88 Å². The second-order valence-electron chi connectivity index (χ2n) is 6.32. The molecular weight excluding hydrogens is 268 g/mol. The minimum absolute atomic E-state index is 0.0751. The molecule has 3 rings (SSSR count). The third-order valence-corrected chi connectivity index (χ3v) is 5.00. The predicted molar refractivity (Wildman–Crippen MR) is 77.7 cm³/mol. The van der Waals surface area contributed by atoms with Gasteiger partial charge in [0.25, 0.3) is 0 Å². The fourth-order valence-corrected chi connectivity index (χ4v) is 3.98. The highest BCUT2D eigenvalue weighted by molar-refractivity contribution is 5.78. The molecule has 1 aliphatic heterocycles. The van der Waals surface area contributed by atoms with Crippen LogP contribution in [0.15, 0.2) is 12.1 Å². The third kappa shape index (κ3) is 2.39. The van der Waals surface area contributed by atoms with Crippen molar-refractivity contribution in [3.63, 3.8) is 0 Å².